The van der Waals surface area contributed by atoms with Crippen LogP contribution in [0.25, 0.3) is 6.08 Å². The number of carbonyl (C=O) groups excluding carboxylic acids is 2. The summed E-state index contributed by atoms with van der Waals surface area (Å²) in [6, 6.07) is 11.5. The average molecular weight is 375 g/mol. The minimum atomic E-state index is -3.97. The number of sulfonamides is 1. The number of benzene rings is 2. The minimum absolute atomic E-state index is 0.0131. The molecule has 0 aliphatic rings. The van der Waals surface area contributed by atoms with E-state index in [-0.39, 0.29) is 4.90 Å². The van der Waals surface area contributed by atoms with Gasteiger partial charge in [-0.05, 0) is 42.8 Å². The van der Waals surface area contributed by atoms with Crippen molar-refractivity contribution in [3.05, 3.63) is 65.7 Å². The average Bonchev–Trinajstić information content (AvgIpc) is 2.60. The first-order valence-corrected chi connectivity index (χ1v) is 8.91. The summed E-state index contributed by atoms with van der Waals surface area (Å²) in [4.78, 5) is 22.8. The second-order valence-corrected chi connectivity index (χ2v) is 6.99. The van der Waals surface area contributed by atoms with Crippen LogP contribution in [0, 0.1) is 6.92 Å². The van der Waals surface area contributed by atoms with E-state index in [1.54, 1.807) is 24.3 Å². The highest BCUT2D eigenvalue weighted by Gasteiger charge is 2.17. The lowest BCUT2D eigenvalue weighted by atomic mass is 10.2. The zero-order valence-corrected chi connectivity index (χ0v) is 14.6. The predicted molar refractivity (Wildman–Crippen MR) is 95.9 cm³/mol. The molecule has 4 N–H and O–H groups in total. The molecule has 136 valence electrons. The molecule has 26 heavy (non-hydrogen) atoms. The van der Waals surface area contributed by atoms with E-state index in [1.807, 2.05) is 11.6 Å². The third kappa shape index (κ3) is 5.43. The fraction of sp³-hybridized carbons (Fsp3) is 0.0588. The van der Waals surface area contributed by atoms with Crippen LogP contribution in [-0.4, -0.2) is 25.6 Å². The van der Waals surface area contributed by atoms with Crippen molar-refractivity contribution in [1.82, 2.24) is 10.2 Å². The Morgan fingerprint density at radius 3 is 2.19 bits per heavy atom. The van der Waals surface area contributed by atoms with E-state index in [0.29, 0.717) is 11.3 Å². The highest BCUT2D eigenvalue weighted by Crippen LogP contribution is 2.12. The van der Waals surface area contributed by atoms with Crippen molar-refractivity contribution in [3.63, 3.8) is 0 Å². The zero-order chi connectivity index (χ0) is 19.2. The van der Waals surface area contributed by atoms with Gasteiger partial charge in [0, 0.05) is 11.8 Å². The molecular formula is C17H17N3O5S. The van der Waals surface area contributed by atoms with Gasteiger partial charge in [0.1, 0.15) is 0 Å². The number of hydroxylamine groups is 1. The number of hydrogen-bond acceptors (Lipinski definition) is 5. The molecule has 0 spiro atoms. The van der Waals surface area contributed by atoms with E-state index in [0.717, 1.165) is 11.6 Å². The summed E-state index contributed by atoms with van der Waals surface area (Å²) < 4.78 is 26.2. The third-order valence-corrected chi connectivity index (χ3v) is 4.61. The number of urea groups is 1. The first kappa shape index (κ1) is 19.2. The van der Waals surface area contributed by atoms with Gasteiger partial charge >= 0.3 is 6.03 Å². The molecule has 0 saturated carbocycles. The molecule has 0 fully saturated rings. The summed E-state index contributed by atoms with van der Waals surface area (Å²) >= 11 is 0. The van der Waals surface area contributed by atoms with E-state index in [9.17, 15) is 18.0 Å². The molecule has 0 heterocycles. The van der Waals surface area contributed by atoms with E-state index >= 15 is 0 Å². The number of aryl methyl sites for hydroxylation is 1. The van der Waals surface area contributed by atoms with Crippen LogP contribution in [0.2, 0.25) is 0 Å². The van der Waals surface area contributed by atoms with Crippen LogP contribution in [0.15, 0.2) is 59.5 Å². The number of rotatable bonds is 5. The molecule has 2 aromatic carbocycles. The molecule has 0 saturated heterocycles. The second-order valence-electron chi connectivity index (χ2n) is 5.30. The van der Waals surface area contributed by atoms with E-state index < -0.39 is 22.0 Å². The van der Waals surface area contributed by atoms with Crippen LogP contribution in [0.1, 0.15) is 11.1 Å². The van der Waals surface area contributed by atoms with Crippen molar-refractivity contribution >= 4 is 33.7 Å². The number of hydrogen-bond donors (Lipinski definition) is 4. The van der Waals surface area contributed by atoms with Crippen molar-refractivity contribution in [2.45, 2.75) is 11.8 Å². The van der Waals surface area contributed by atoms with Gasteiger partial charge in [-0.2, -0.15) is 0 Å². The Morgan fingerprint density at radius 2 is 1.62 bits per heavy atom. The summed E-state index contributed by atoms with van der Waals surface area (Å²) in [7, 11) is -3.97. The standard InChI is InChI=1S/C17H17N3O5S/c1-12-2-9-15(10-3-12)26(24,25)20-17(22)18-14-7-4-13(5-8-14)6-11-16(21)19-23/h2-11,23H,1H3,(H,19,21)(H2,18,20,22). The Kier molecular flexibility index (Phi) is 6.10. The van der Waals surface area contributed by atoms with E-state index in [1.165, 1.54) is 35.8 Å². The van der Waals surface area contributed by atoms with Crippen molar-refractivity contribution in [2.24, 2.45) is 0 Å². The highest BCUT2D eigenvalue weighted by atomic mass is 32.2. The fourth-order valence-corrected chi connectivity index (χ4v) is 2.85. The molecule has 0 radical (unpaired) electrons. The first-order valence-electron chi connectivity index (χ1n) is 7.43. The van der Waals surface area contributed by atoms with Crippen molar-refractivity contribution < 1.29 is 23.2 Å². The lowest BCUT2D eigenvalue weighted by Crippen LogP contribution is -2.34. The highest BCUT2D eigenvalue weighted by molar-refractivity contribution is 7.90. The van der Waals surface area contributed by atoms with Gasteiger partial charge in [-0.1, -0.05) is 29.8 Å². The Bertz CT molecular complexity index is 920. The largest absolute Gasteiger partial charge is 0.333 e. The molecule has 0 aliphatic carbocycles. The second kappa shape index (κ2) is 8.28. The van der Waals surface area contributed by atoms with Gasteiger partial charge in [0.05, 0.1) is 4.90 Å². The molecule has 0 unspecified atom stereocenters. The van der Waals surface area contributed by atoms with Crippen LogP contribution < -0.4 is 15.5 Å². The molecule has 3 amide bonds. The fourth-order valence-electron chi connectivity index (χ4n) is 1.94. The summed E-state index contributed by atoms with van der Waals surface area (Å²) in [6.45, 7) is 1.83. The molecule has 9 heteroatoms. The third-order valence-electron chi connectivity index (χ3n) is 3.26. The summed E-state index contributed by atoms with van der Waals surface area (Å²) in [6.07, 6.45) is 2.58. The van der Waals surface area contributed by atoms with Crippen molar-refractivity contribution in [2.75, 3.05) is 5.32 Å². The van der Waals surface area contributed by atoms with Crippen molar-refractivity contribution in [1.29, 1.82) is 0 Å². The Hall–Kier alpha value is -3.17. The van der Waals surface area contributed by atoms with Crippen LogP contribution in [0.5, 0.6) is 0 Å². The molecule has 0 atom stereocenters. The minimum Gasteiger partial charge on any atom is -0.307 e. The quantitative estimate of drug-likeness (QED) is 0.361. The number of amides is 3. The smallest absolute Gasteiger partial charge is 0.307 e. The molecule has 2 rings (SSSR count). The Balaban J connectivity index is 2.00. The van der Waals surface area contributed by atoms with Gasteiger partial charge in [0.15, 0.2) is 0 Å². The van der Waals surface area contributed by atoms with Crippen LogP contribution in [0.4, 0.5) is 10.5 Å². The van der Waals surface area contributed by atoms with Gasteiger partial charge < -0.3 is 5.32 Å². The lowest BCUT2D eigenvalue weighted by molar-refractivity contribution is -0.124. The van der Waals surface area contributed by atoms with Crippen LogP contribution >= 0.6 is 0 Å². The molecule has 0 aromatic heterocycles. The maximum atomic E-state index is 12.1. The Labute approximate surface area is 150 Å². The molecule has 2 aromatic rings. The summed E-state index contributed by atoms with van der Waals surface area (Å²) in [5.41, 5.74) is 3.38. The van der Waals surface area contributed by atoms with Crippen molar-refractivity contribution in [3.8, 4) is 0 Å². The van der Waals surface area contributed by atoms with Gasteiger partial charge in [-0.15, -0.1) is 0 Å². The van der Waals surface area contributed by atoms with Crippen LogP contribution in [0.3, 0.4) is 0 Å². The normalized spacial score (nSPS) is 11.2. The number of carbonyl (C=O) groups is 2. The van der Waals surface area contributed by atoms with Gasteiger partial charge in [-0.25, -0.2) is 23.4 Å². The SMILES string of the molecule is Cc1ccc(S(=O)(=O)NC(=O)Nc2ccc(C=CC(=O)NO)cc2)cc1. The zero-order valence-electron chi connectivity index (χ0n) is 13.8. The monoisotopic (exact) mass is 375 g/mol. The summed E-state index contributed by atoms with van der Waals surface area (Å²) in [5.74, 6) is -0.673. The van der Waals surface area contributed by atoms with Gasteiger partial charge in [0.25, 0.3) is 15.9 Å². The predicted octanol–water partition coefficient (Wildman–Crippen LogP) is 2.02. The maximum Gasteiger partial charge on any atom is 0.333 e. The lowest BCUT2D eigenvalue weighted by Gasteiger charge is -2.09. The van der Waals surface area contributed by atoms with E-state index in [4.69, 9.17) is 5.21 Å². The molecule has 0 aliphatic heterocycles. The number of nitrogens with one attached hydrogen (secondary N) is 3. The molecule has 0 bridgehead atoms. The van der Waals surface area contributed by atoms with Gasteiger partial charge in [-0.3, -0.25) is 10.0 Å². The first-order chi connectivity index (χ1) is 12.3. The van der Waals surface area contributed by atoms with E-state index in [2.05, 4.69) is 5.32 Å². The molecule has 8 nitrogen and oxygen atoms in total. The molecular weight excluding hydrogens is 358 g/mol. The summed E-state index contributed by atoms with van der Waals surface area (Å²) in [5, 5.41) is 10.8. The Morgan fingerprint density at radius 1 is 1.00 bits per heavy atom. The number of anilines is 1. The topological polar surface area (TPSA) is 125 Å². The maximum absolute atomic E-state index is 12.1. The van der Waals surface area contributed by atoms with Crippen LogP contribution in [-0.2, 0) is 14.8 Å². The van der Waals surface area contributed by atoms with Gasteiger partial charge in [0.2, 0.25) is 0 Å².